The number of nitrogen functional groups attached to an aromatic ring is 1. The molecule has 1 unspecified atom stereocenters. The summed E-state index contributed by atoms with van der Waals surface area (Å²) in [6.07, 6.45) is 3.63. The molecular formula is C14H18N4. The van der Waals surface area contributed by atoms with Crippen LogP contribution in [-0.4, -0.2) is 22.6 Å². The van der Waals surface area contributed by atoms with Crippen LogP contribution in [0.5, 0.6) is 0 Å². The molecule has 1 aromatic carbocycles. The maximum Gasteiger partial charge on any atom is 0.222 e. The number of nitrogens with two attached hydrogens (primary N) is 1. The summed E-state index contributed by atoms with van der Waals surface area (Å²) in [7, 11) is 0. The molecule has 4 heteroatoms. The van der Waals surface area contributed by atoms with Crippen molar-refractivity contribution in [3.63, 3.8) is 0 Å². The fourth-order valence-electron chi connectivity index (χ4n) is 2.84. The Morgan fingerprint density at radius 3 is 3.00 bits per heavy atom. The minimum atomic E-state index is 0.366. The molecule has 0 saturated carbocycles. The number of anilines is 2. The monoisotopic (exact) mass is 242 g/mol. The number of benzene rings is 1. The molecule has 1 atom stereocenters. The Kier molecular flexibility index (Phi) is 2.78. The molecule has 0 spiro atoms. The number of para-hydroxylation sites is 1. The van der Waals surface area contributed by atoms with E-state index in [4.69, 9.17) is 5.73 Å². The van der Waals surface area contributed by atoms with Crippen molar-refractivity contribution in [2.24, 2.45) is 0 Å². The van der Waals surface area contributed by atoms with Gasteiger partial charge in [-0.1, -0.05) is 19.1 Å². The Balaban J connectivity index is 2.15. The number of hydrogen-bond donors (Lipinski definition) is 1. The Labute approximate surface area is 107 Å². The third-order valence-electron chi connectivity index (χ3n) is 3.72. The third-order valence-corrected chi connectivity index (χ3v) is 3.72. The van der Waals surface area contributed by atoms with E-state index in [0.29, 0.717) is 12.0 Å². The Morgan fingerprint density at radius 2 is 2.17 bits per heavy atom. The fraction of sp³-hybridized carbons (Fsp3) is 0.429. The molecule has 2 aromatic rings. The average Bonchev–Trinajstić information content (AvgIpc) is 2.85. The van der Waals surface area contributed by atoms with E-state index in [1.165, 1.54) is 12.8 Å². The highest BCUT2D eigenvalue weighted by atomic mass is 15.2. The highest BCUT2D eigenvalue weighted by Crippen LogP contribution is 2.31. The molecule has 1 aliphatic heterocycles. The zero-order valence-electron chi connectivity index (χ0n) is 10.6. The van der Waals surface area contributed by atoms with Gasteiger partial charge >= 0.3 is 0 Å². The minimum absolute atomic E-state index is 0.366. The maximum atomic E-state index is 5.83. The molecule has 2 N–H and O–H groups in total. The summed E-state index contributed by atoms with van der Waals surface area (Å²) < 4.78 is 0. The third kappa shape index (κ3) is 1.78. The first-order chi connectivity index (χ1) is 8.79. The van der Waals surface area contributed by atoms with E-state index in [-0.39, 0.29) is 0 Å². The fourth-order valence-corrected chi connectivity index (χ4v) is 2.84. The molecule has 1 aliphatic rings. The number of rotatable bonds is 2. The van der Waals surface area contributed by atoms with Gasteiger partial charge < -0.3 is 10.6 Å². The number of nitrogens with zero attached hydrogens (tertiary/aromatic N) is 3. The minimum Gasteiger partial charge on any atom is -0.368 e. The van der Waals surface area contributed by atoms with Crippen LogP contribution in [0.3, 0.4) is 0 Å². The van der Waals surface area contributed by atoms with E-state index in [1.54, 1.807) is 0 Å². The lowest BCUT2D eigenvalue weighted by molar-refractivity contribution is 0.642. The summed E-state index contributed by atoms with van der Waals surface area (Å²) in [4.78, 5) is 11.2. The second-order valence-electron chi connectivity index (χ2n) is 4.82. The highest BCUT2D eigenvalue weighted by molar-refractivity contribution is 5.90. The van der Waals surface area contributed by atoms with Crippen LogP contribution in [0.4, 0.5) is 11.8 Å². The maximum absolute atomic E-state index is 5.83. The van der Waals surface area contributed by atoms with Crippen LogP contribution in [0, 0.1) is 0 Å². The van der Waals surface area contributed by atoms with Gasteiger partial charge in [-0.25, -0.2) is 4.98 Å². The zero-order chi connectivity index (χ0) is 12.5. The van der Waals surface area contributed by atoms with Crippen LogP contribution >= 0.6 is 0 Å². The molecule has 2 heterocycles. The van der Waals surface area contributed by atoms with Crippen molar-refractivity contribution in [2.75, 3.05) is 17.2 Å². The Morgan fingerprint density at radius 1 is 1.33 bits per heavy atom. The van der Waals surface area contributed by atoms with Crippen LogP contribution in [0.1, 0.15) is 26.2 Å². The molecule has 3 rings (SSSR count). The van der Waals surface area contributed by atoms with E-state index in [9.17, 15) is 0 Å². The smallest absolute Gasteiger partial charge is 0.222 e. The summed E-state index contributed by atoms with van der Waals surface area (Å²) in [6.45, 7) is 3.30. The molecule has 0 radical (unpaired) electrons. The van der Waals surface area contributed by atoms with E-state index in [1.807, 2.05) is 18.2 Å². The van der Waals surface area contributed by atoms with Gasteiger partial charge in [0.25, 0.3) is 0 Å². The lowest BCUT2D eigenvalue weighted by Gasteiger charge is -2.25. The summed E-state index contributed by atoms with van der Waals surface area (Å²) in [5.41, 5.74) is 6.76. The molecule has 0 amide bonds. The lowest BCUT2D eigenvalue weighted by atomic mass is 10.1. The van der Waals surface area contributed by atoms with Gasteiger partial charge in [0, 0.05) is 18.0 Å². The van der Waals surface area contributed by atoms with Gasteiger partial charge in [-0.15, -0.1) is 0 Å². The molecule has 4 nitrogen and oxygen atoms in total. The van der Waals surface area contributed by atoms with E-state index in [2.05, 4.69) is 27.9 Å². The van der Waals surface area contributed by atoms with Gasteiger partial charge in [-0.2, -0.15) is 4.98 Å². The normalized spacial score (nSPS) is 19.6. The predicted molar refractivity (Wildman–Crippen MR) is 74.6 cm³/mol. The molecule has 1 aromatic heterocycles. The van der Waals surface area contributed by atoms with Crippen molar-refractivity contribution in [1.29, 1.82) is 0 Å². The van der Waals surface area contributed by atoms with Gasteiger partial charge in [-0.3, -0.25) is 0 Å². The SMILES string of the molecule is CCC1CCCN1c1nc(N)nc2ccccc12. The summed E-state index contributed by atoms with van der Waals surface area (Å²) in [6, 6.07) is 8.67. The average molecular weight is 242 g/mol. The van der Waals surface area contributed by atoms with E-state index in [0.717, 1.165) is 29.7 Å². The highest BCUT2D eigenvalue weighted by Gasteiger charge is 2.25. The van der Waals surface area contributed by atoms with Gasteiger partial charge in [0.1, 0.15) is 5.82 Å². The topological polar surface area (TPSA) is 55.0 Å². The molecule has 1 fully saturated rings. The zero-order valence-corrected chi connectivity index (χ0v) is 10.6. The van der Waals surface area contributed by atoms with E-state index < -0.39 is 0 Å². The van der Waals surface area contributed by atoms with Gasteiger partial charge in [0.05, 0.1) is 5.52 Å². The van der Waals surface area contributed by atoms with Crippen molar-refractivity contribution in [2.45, 2.75) is 32.2 Å². The van der Waals surface area contributed by atoms with E-state index >= 15 is 0 Å². The molecule has 0 aliphatic carbocycles. The Bertz CT molecular complexity index is 567. The second-order valence-corrected chi connectivity index (χ2v) is 4.82. The predicted octanol–water partition coefficient (Wildman–Crippen LogP) is 2.59. The quantitative estimate of drug-likeness (QED) is 0.879. The number of hydrogen-bond acceptors (Lipinski definition) is 4. The Hall–Kier alpha value is -1.84. The van der Waals surface area contributed by atoms with Crippen molar-refractivity contribution in [3.05, 3.63) is 24.3 Å². The van der Waals surface area contributed by atoms with Crippen molar-refractivity contribution >= 4 is 22.7 Å². The first-order valence-corrected chi connectivity index (χ1v) is 6.58. The van der Waals surface area contributed by atoms with Crippen LogP contribution in [-0.2, 0) is 0 Å². The number of aromatic nitrogens is 2. The molecular weight excluding hydrogens is 224 g/mol. The van der Waals surface area contributed by atoms with Crippen LogP contribution in [0.25, 0.3) is 10.9 Å². The first-order valence-electron chi connectivity index (χ1n) is 6.58. The van der Waals surface area contributed by atoms with Gasteiger partial charge in [0.2, 0.25) is 5.95 Å². The van der Waals surface area contributed by atoms with Crippen LogP contribution < -0.4 is 10.6 Å². The molecule has 18 heavy (non-hydrogen) atoms. The molecule has 94 valence electrons. The number of fused-ring (bicyclic) bond motifs is 1. The lowest BCUT2D eigenvalue weighted by Crippen LogP contribution is -2.29. The molecule has 0 bridgehead atoms. The van der Waals surface area contributed by atoms with Gasteiger partial charge in [-0.05, 0) is 31.4 Å². The largest absolute Gasteiger partial charge is 0.368 e. The molecule has 1 saturated heterocycles. The standard InChI is InChI=1S/C14H18N4/c1-2-10-6-5-9-18(10)13-11-7-3-4-8-12(11)16-14(15)17-13/h3-4,7-8,10H,2,5-6,9H2,1H3,(H2,15,16,17). The summed E-state index contributed by atoms with van der Waals surface area (Å²) >= 11 is 0. The van der Waals surface area contributed by atoms with Gasteiger partial charge in [0.15, 0.2) is 0 Å². The van der Waals surface area contributed by atoms with Crippen LogP contribution in [0.2, 0.25) is 0 Å². The van der Waals surface area contributed by atoms with Crippen LogP contribution in [0.15, 0.2) is 24.3 Å². The van der Waals surface area contributed by atoms with Crippen molar-refractivity contribution < 1.29 is 0 Å². The summed E-state index contributed by atoms with van der Waals surface area (Å²) in [5.74, 6) is 1.37. The van der Waals surface area contributed by atoms with Crippen molar-refractivity contribution in [1.82, 2.24) is 9.97 Å². The second kappa shape index (κ2) is 4.44. The van der Waals surface area contributed by atoms with Crippen molar-refractivity contribution in [3.8, 4) is 0 Å². The summed E-state index contributed by atoms with van der Waals surface area (Å²) in [5, 5.41) is 1.10. The first kappa shape index (κ1) is 11.3.